The maximum atomic E-state index is 12.5. The number of benzene rings is 2. The lowest BCUT2D eigenvalue weighted by atomic mass is 9.43. The second kappa shape index (κ2) is 9.68. The van der Waals surface area contributed by atoms with Crippen LogP contribution in [-0.4, -0.2) is 24.7 Å². The number of halogens is 1. The number of nitrogens with one attached hydrogen (secondary N) is 2. The van der Waals surface area contributed by atoms with E-state index in [0.717, 1.165) is 33.7 Å². The van der Waals surface area contributed by atoms with Gasteiger partial charge in [-0.05, 0) is 115 Å². The van der Waals surface area contributed by atoms with Crippen molar-refractivity contribution >= 4 is 27.5 Å². The second-order valence-corrected chi connectivity index (χ2v) is 13.2. The van der Waals surface area contributed by atoms with Gasteiger partial charge in [-0.15, -0.1) is 0 Å². The Morgan fingerprint density at radius 1 is 1.03 bits per heavy atom. The minimum Gasteiger partial charge on any atom is -0.490 e. The summed E-state index contributed by atoms with van der Waals surface area (Å²) >= 11 is 3.68. The first kappa shape index (κ1) is 25.6. The number of carbonyl (C=O) groups is 1. The Morgan fingerprint density at radius 2 is 1.72 bits per heavy atom. The molecule has 2 aromatic rings. The van der Waals surface area contributed by atoms with E-state index in [2.05, 4.69) is 52.5 Å². The number of rotatable bonds is 9. The van der Waals surface area contributed by atoms with E-state index in [-0.39, 0.29) is 18.1 Å². The topological polar surface area (TPSA) is 59.6 Å². The molecule has 2 N–H and O–H groups in total. The molecule has 4 atom stereocenters. The summed E-state index contributed by atoms with van der Waals surface area (Å²) in [6.07, 6.45) is 8.04. The Kier molecular flexibility index (Phi) is 6.88. The molecule has 0 spiro atoms. The Balaban J connectivity index is 1.25. The molecule has 0 radical (unpaired) electrons. The molecule has 0 aliphatic heterocycles. The number of aryl methyl sites for hydroxylation is 1. The highest BCUT2D eigenvalue weighted by molar-refractivity contribution is 9.10. The summed E-state index contributed by atoms with van der Waals surface area (Å²) in [6, 6.07) is 11.9. The number of hydrogen-bond donors (Lipinski definition) is 2. The molecule has 4 fully saturated rings. The zero-order chi connectivity index (χ0) is 25.6. The average molecular weight is 556 g/mol. The first-order chi connectivity index (χ1) is 17.1. The van der Waals surface area contributed by atoms with Crippen LogP contribution in [0.5, 0.6) is 11.5 Å². The molecule has 6 heteroatoms. The number of amides is 1. The minimum atomic E-state index is -0.206. The van der Waals surface area contributed by atoms with Gasteiger partial charge in [0.05, 0.1) is 11.1 Å². The normalized spacial score (nSPS) is 30.3. The standard InChI is InChI=1S/C30H39BrN2O3/c1-5-35-25-11-21(15-32-30-14-22-12-28(3,18-30)17-29(4,13-22)19-30)10-24(31)27(25)36-16-26(34)33-23-8-6-20(2)7-9-23/h6-11,22,32H,5,12-19H2,1-4H3,(H,33,34)/t22?,28-,29+,30?. The van der Waals surface area contributed by atoms with Gasteiger partial charge >= 0.3 is 0 Å². The summed E-state index contributed by atoms with van der Waals surface area (Å²) in [5, 5.41) is 6.89. The van der Waals surface area contributed by atoms with Gasteiger partial charge in [-0.25, -0.2) is 0 Å². The molecule has 0 saturated heterocycles. The van der Waals surface area contributed by atoms with Gasteiger partial charge in [0, 0.05) is 17.8 Å². The van der Waals surface area contributed by atoms with E-state index in [4.69, 9.17) is 9.47 Å². The van der Waals surface area contributed by atoms with Crippen LogP contribution in [0.15, 0.2) is 40.9 Å². The maximum absolute atomic E-state index is 12.5. The Bertz CT molecular complexity index is 1110. The van der Waals surface area contributed by atoms with Gasteiger partial charge in [0.2, 0.25) is 0 Å². The Morgan fingerprint density at radius 3 is 2.36 bits per heavy atom. The monoisotopic (exact) mass is 554 g/mol. The van der Waals surface area contributed by atoms with Crippen molar-refractivity contribution in [2.75, 3.05) is 18.5 Å². The van der Waals surface area contributed by atoms with E-state index in [1.54, 1.807) is 0 Å². The molecular weight excluding hydrogens is 516 g/mol. The van der Waals surface area contributed by atoms with Crippen LogP contribution >= 0.6 is 15.9 Å². The van der Waals surface area contributed by atoms with Gasteiger partial charge in [0.1, 0.15) is 0 Å². The number of hydrogen-bond acceptors (Lipinski definition) is 4. The average Bonchev–Trinajstić information content (AvgIpc) is 2.76. The highest BCUT2D eigenvalue weighted by atomic mass is 79.9. The van der Waals surface area contributed by atoms with Crippen LogP contribution in [0, 0.1) is 23.7 Å². The number of carbonyl (C=O) groups excluding carboxylic acids is 1. The molecule has 5 nitrogen and oxygen atoms in total. The summed E-state index contributed by atoms with van der Waals surface area (Å²) in [4.78, 5) is 12.5. The van der Waals surface area contributed by atoms with Crippen LogP contribution in [0.1, 0.15) is 70.4 Å². The molecule has 6 rings (SSSR count). The van der Waals surface area contributed by atoms with Crippen LogP contribution in [0.2, 0.25) is 0 Å². The van der Waals surface area contributed by atoms with Crippen molar-refractivity contribution in [3.05, 3.63) is 52.0 Å². The van der Waals surface area contributed by atoms with Gasteiger partial charge in [0.25, 0.3) is 5.91 Å². The molecular formula is C30H39BrN2O3. The molecule has 2 aromatic carbocycles. The number of ether oxygens (including phenoxy) is 2. The lowest BCUT2D eigenvalue weighted by Gasteiger charge is -2.65. The van der Waals surface area contributed by atoms with Crippen LogP contribution in [0.25, 0.3) is 0 Å². The van der Waals surface area contributed by atoms with E-state index in [9.17, 15) is 4.79 Å². The Labute approximate surface area is 223 Å². The highest BCUT2D eigenvalue weighted by Gasteiger charge is 2.59. The summed E-state index contributed by atoms with van der Waals surface area (Å²) in [7, 11) is 0. The van der Waals surface area contributed by atoms with Gasteiger partial charge in [-0.3, -0.25) is 4.79 Å². The fraction of sp³-hybridized carbons (Fsp3) is 0.567. The molecule has 1 amide bonds. The largest absolute Gasteiger partial charge is 0.490 e. The maximum Gasteiger partial charge on any atom is 0.262 e. The van der Waals surface area contributed by atoms with Crippen molar-refractivity contribution in [3.8, 4) is 11.5 Å². The van der Waals surface area contributed by atoms with Gasteiger partial charge in [-0.1, -0.05) is 31.5 Å². The third-order valence-corrected chi connectivity index (χ3v) is 8.93. The summed E-state index contributed by atoms with van der Waals surface area (Å²) < 4.78 is 12.7. The molecule has 4 aliphatic rings. The van der Waals surface area contributed by atoms with Crippen LogP contribution in [0.4, 0.5) is 5.69 Å². The van der Waals surface area contributed by atoms with E-state index in [1.165, 1.54) is 38.5 Å². The van der Waals surface area contributed by atoms with Crippen molar-refractivity contribution in [1.29, 1.82) is 0 Å². The Hall–Kier alpha value is -2.05. The second-order valence-electron chi connectivity index (χ2n) is 12.3. The van der Waals surface area contributed by atoms with Crippen molar-refractivity contribution < 1.29 is 14.3 Å². The molecule has 0 aromatic heterocycles. The quantitative estimate of drug-likeness (QED) is 0.350. The molecule has 0 heterocycles. The predicted octanol–water partition coefficient (Wildman–Crippen LogP) is 7.01. The molecule has 4 saturated carbocycles. The van der Waals surface area contributed by atoms with Gasteiger partial charge < -0.3 is 20.1 Å². The highest BCUT2D eigenvalue weighted by Crippen LogP contribution is 2.66. The van der Waals surface area contributed by atoms with Crippen molar-refractivity contribution in [3.63, 3.8) is 0 Å². The smallest absolute Gasteiger partial charge is 0.262 e. The molecule has 36 heavy (non-hydrogen) atoms. The van der Waals surface area contributed by atoms with E-state index >= 15 is 0 Å². The molecule has 2 unspecified atom stereocenters. The van der Waals surface area contributed by atoms with Crippen molar-refractivity contribution in [2.45, 2.75) is 78.3 Å². The molecule has 194 valence electrons. The minimum absolute atomic E-state index is 0.0915. The zero-order valence-corrected chi connectivity index (χ0v) is 23.6. The van der Waals surface area contributed by atoms with E-state index < -0.39 is 0 Å². The molecule has 4 aliphatic carbocycles. The lowest BCUT2D eigenvalue weighted by molar-refractivity contribution is -0.118. The zero-order valence-electron chi connectivity index (χ0n) is 22.0. The summed E-state index contributed by atoms with van der Waals surface area (Å²) in [6.45, 7) is 10.2. The molecule has 4 bridgehead atoms. The fourth-order valence-electron chi connectivity index (χ4n) is 8.03. The lowest BCUT2D eigenvalue weighted by Crippen LogP contribution is -2.63. The number of anilines is 1. The third-order valence-electron chi connectivity index (χ3n) is 8.35. The fourth-order valence-corrected chi connectivity index (χ4v) is 8.64. The van der Waals surface area contributed by atoms with Crippen LogP contribution in [0.3, 0.4) is 0 Å². The van der Waals surface area contributed by atoms with Crippen LogP contribution < -0.4 is 20.1 Å². The van der Waals surface area contributed by atoms with E-state index in [0.29, 0.717) is 28.9 Å². The van der Waals surface area contributed by atoms with Crippen molar-refractivity contribution in [2.24, 2.45) is 16.7 Å². The third kappa shape index (κ3) is 5.45. The van der Waals surface area contributed by atoms with Gasteiger partial charge in [-0.2, -0.15) is 0 Å². The predicted molar refractivity (Wildman–Crippen MR) is 148 cm³/mol. The van der Waals surface area contributed by atoms with Gasteiger partial charge in [0.15, 0.2) is 18.1 Å². The first-order valence-electron chi connectivity index (χ1n) is 13.3. The summed E-state index contributed by atoms with van der Waals surface area (Å²) in [5.74, 6) is 1.88. The first-order valence-corrected chi connectivity index (χ1v) is 14.1. The summed E-state index contributed by atoms with van der Waals surface area (Å²) in [5.41, 5.74) is 4.27. The van der Waals surface area contributed by atoms with Crippen molar-refractivity contribution in [1.82, 2.24) is 5.32 Å². The van der Waals surface area contributed by atoms with Crippen LogP contribution in [-0.2, 0) is 11.3 Å². The SMILES string of the molecule is CCOc1cc(CNC23CC4C[C@@](C)(C2)C[C@](C)(C4)C3)cc(Br)c1OCC(=O)Nc1ccc(C)cc1. The van der Waals surface area contributed by atoms with E-state index in [1.807, 2.05) is 38.1 Å².